The molecule has 82 valence electrons. The largest absolute Gasteiger partial charge is 0.316 e. The Morgan fingerprint density at radius 2 is 2.53 bits per heavy atom. The van der Waals surface area contributed by atoms with E-state index in [2.05, 4.69) is 10.3 Å². The fraction of sp³-hybridized carbons (Fsp3) is 0.545. The average molecular weight is 243 g/mol. The fourth-order valence-corrected chi connectivity index (χ4v) is 3.05. The molecule has 15 heavy (non-hydrogen) atoms. The van der Waals surface area contributed by atoms with E-state index in [4.69, 9.17) is 11.6 Å². The van der Waals surface area contributed by atoms with Gasteiger partial charge in [-0.15, -0.1) is 11.8 Å². The second-order valence-corrected chi connectivity index (χ2v) is 5.23. The van der Waals surface area contributed by atoms with Gasteiger partial charge in [0.25, 0.3) is 0 Å². The molecule has 0 saturated carbocycles. The molecular weight excluding hydrogens is 228 g/mol. The van der Waals surface area contributed by atoms with Crippen molar-refractivity contribution in [1.29, 1.82) is 0 Å². The molecule has 0 radical (unpaired) electrons. The van der Waals surface area contributed by atoms with E-state index in [1.807, 2.05) is 12.1 Å². The number of thioether (sulfide) groups is 1. The van der Waals surface area contributed by atoms with E-state index in [1.54, 1.807) is 18.0 Å². The molecule has 0 bridgehead atoms. The summed E-state index contributed by atoms with van der Waals surface area (Å²) in [6.45, 7) is 2.31. The summed E-state index contributed by atoms with van der Waals surface area (Å²) >= 11 is 7.81. The Kier molecular flexibility index (Phi) is 4.29. The third kappa shape index (κ3) is 3.37. The van der Waals surface area contributed by atoms with Gasteiger partial charge in [0, 0.05) is 11.9 Å². The number of nitrogens with one attached hydrogen (secondary N) is 1. The van der Waals surface area contributed by atoms with Gasteiger partial charge < -0.3 is 5.32 Å². The summed E-state index contributed by atoms with van der Waals surface area (Å²) < 4.78 is 0. The van der Waals surface area contributed by atoms with Crippen LogP contribution in [-0.2, 0) is 0 Å². The molecule has 1 aromatic rings. The van der Waals surface area contributed by atoms with Crippen molar-refractivity contribution in [1.82, 2.24) is 10.3 Å². The van der Waals surface area contributed by atoms with E-state index >= 15 is 0 Å². The molecule has 2 heterocycles. The zero-order valence-corrected chi connectivity index (χ0v) is 10.2. The Morgan fingerprint density at radius 1 is 1.60 bits per heavy atom. The summed E-state index contributed by atoms with van der Waals surface area (Å²) in [5.41, 5.74) is 0. The molecule has 1 fully saturated rings. The van der Waals surface area contributed by atoms with Crippen molar-refractivity contribution in [3.05, 3.63) is 23.4 Å². The van der Waals surface area contributed by atoms with E-state index in [0.717, 1.165) is 28.3 Å². The summed E-state index contributed by atoms with van der Waals surface area (Å²) in [6, 6.07) is 3.77. The topological polar surface area (TPSA) is 24.9 Å². The minimum absolute atomic E-state index is 0.766. The van der Waals surface area contributed by atoms with Crippen LogP contribution in [0.3, 0.4) is 0 Å². The van der Waals surface area contributed by atoms with Gasteiger partial charge in [0.2, 0.25) is 0 Å². The third-order valence-corrected chi connectivity index (χ3v) is 4.23. The van der Waals surface area contributed by atoms with Gasteiger partial charge in [-0.2, -0.15) is 0 Å². The van der Waals surface area contributed by atoms with Gasteiger partial charge in [0.1, 0.15) is 5.03 Å². The molecule has 1 atom stereocenters. The van der Waals surface area contributed by atoms with Gasteiger partial charge in [-0.25, -0.2) is 4.98 Å². The number of halogens is 1. The Morgan fingerprint density at radius 3 is 3.27 bits per heavy atom. The molecular formula is C11H15ClN2S. The molecule has 1 aliphatic rings. The summed E-state index contributed by atoms with van der Waals surface area (Å²) in [5.74, 6) is 1.88. The van der Waals surface area contributed by atoms with Crippen LogP contribution in [0.1, 0.15) is 12.8 Å². The standard InChI is InChI=1S/C11H15ClN2S/c12-10-4-2-6-14-11(10)15-8-9-3-1-5-13-7-9/h2,4,6,9,13H,1,3,5,7-8H2. The molecule has 1 aromatic heterocycles. The van der Waals surface area contributed by atoms with Crippen LogP contribution in [0.4, 0.5) is 0 Å². The lowest BCUT2D eigenvalue weighted by Gasteiger charge is -2.22. The Hall–Kier alpha value is -0.250. The van der Waals surface area contributed by atoms with Crippen molar-refractivity contribution in [2.45, 2.75) is 17.9 Å². The molecule has 2 nitrogen and oxygen atoms in total. The Balaban J connectivity index is 1.84. The van der Waals surface area contributed by atoms with Crippen LogP contribution >= 0.6 is 23.4 Å². The van der Waals surface area contributed by atoms with Crippen molar-refractivity contribution >= 4 is 23.4 Å². The summed E-state index contributed by atoms with van der Waals surface area (Å²) in [6.07, 6.45) is 4.42. The molecule has 1 unspecified atom stereocenters. The first-order valence-corrected chi connectivity index (χ1v) is 6.66. The van der Waals surface area contributed by atoms with Gasteiger partial charge in [0.15, 0.2) is 0 Å². The van der Waals surface area contributed by atoms with Crippen LogP contribution in [0.25, 0.3) is 0 Å². The predicted octanol–water partition coefficient (Wildman–Crippen LogP) is 2.83. The van der Waals surface area contributed by atoms with Crippen LogP contribution in [0.5, 0.6) is 0 Å². The number of aromatic nitrogens is 1. The second kappa shape index (κ2) is 5.73. The van der Waals surface area contributed by atoms with E-state index in [9.17, 15) is 0 Å². The lowest BCUT2D eigenvalue weighted by atomic mass is 10.0. The van der Waals surface area contributed by atoms with Crippen molar-refractivity contribution in [3.8, 4) is 0 Å². The predicted molar refractivity (Wildman–Crippen MR) is 65.6 cm³/mol. The minimum atomic E-state index is 0.766. The zero-order valence-electron chi connectivity index (χ0n) is 8.58. The fourth-order valence-electron chi connectivity index (χ4n) is 1.74. The third-order valence-electron chi connectivity index (χ3n) is 2.58. The van der Waals surface area contributed by atoms with Crippen molar-refractivity contribution in [2.24, 2.45) is 5.92 Å². The Bertz CT molecular complexity index is 313. The number of hydrogen-bond acceptors (Lipinski definition) is 3. The molecule has 0 aromatic carbocycles. The molecule has 2 rings (SSSR count). The molecule has 0 aliphatic carbocycles. The smallest absolute Gasteiger partial charge is 0.115 e. The highest BCUT2D eigenvalue weighted by atomic mass is 35.5. The molecule has 4 heteroatoms. The monoisotopic (exact) mass is 242 g/mol. The lowest BCUT2D eigenvalue weighted by molar-refractivity contribution is 0.410. The van der Waals surface area contributed by atoms with Gasteiger partial charge in [-0.3, -0.25) is 0 Å². The van der Waals surface area contributed by atoms with Gasteiger partial charge in [0.05, 0.1) is 5.02 Å². The first-order valence-electron chi connectivity index (χ1n) is 5.30. The molecule has 0 spiro atoms. The highest BCUT2D eigenvalue weighted by molar-refractivity contribution is 7.99. The summed E-state index contributed by atoms with van der Waals surface area (Å²) in [7, 11) is 0. The van der Waals surface area contributed by atoms with Crippen LogP contribution < -0.4 is 5.32 Å². The van der Waals surface area contributed by atoms with Crippen LogP contribution in [-0.4, -0.2) is 23.8 Å². The summed E-state index contributed by atoms with van der Waals surface area (Å²) in [4.78, 5) is 4.27. The minimum Gasteiger partial charge on any atom is -0.316 e. The van der Waals surface area contributed by atoms with Gasteiger partial charge in [-0.1, -0.05) is 11.6 Å². The highest BCUT2D eigenvalue weighted by Gasteiger charge is 2.13. The SMILES string of the molecule is Clc1cccnc1SCC1CCCNC1. The zero-order chi connectivity index (χ0) is 10.5. The maximum atomic E-state index is 6.04. The quantitative estimate of drug-likeness (QED) is 0.826. The first-order chi connectivity index (χ1) is 7.36. The van der Waals surface area contributed by atoms with E-state index in [0.29, 0.717) is 0 Å². The molecule has 1 N–H and O–H groups in total. The Labute approximate surface area is 99.8 Å². The lowest BCUT2D eigenvalue weighted by Crippen LogP contribution is -2.30. The number of rotatable bonds is 3. The number of hydrogen-bond donors (Lipinski definition) is 1. The van der Waals surface area contributed by atoms with Crippen LogP contribution in [0.15, 0.2) is 23.4 Å². The molecule has 0 amide bonds. The summed E-state index contributed by atoms with van der Waals surface area (Å²) in [5, 5.41) is 5.15. The molecule has 1 saturated heterocycles. The maximum absolute atomic E-state index is 6.04. The van der Waals surface area contributed by atoms with Gasteiger partial charge in [-0.05, 0) is 44.0 Å². The number of piperidine rings is 1. The van der Waals surface area contributed by atoms with Crippen molar-refractivity contribution in [2.75, 3.05) is 18.8 Å². The first kappa shape index (κ1) is 11.2. The number of pyridine rings is 1. The van der Waals surface area contributed by atoms with E-state index in [1.165, 1.54) is 19.4 Å². The number of nitrogens with zero attached hydrogens (tertiary/aromatic N) is 1. The second-order valence-electron chi connectivity index (χ2n) is 3.81. The van der Waals surface area contributed by atoms with Crippen molar-refractivity contribution < 1.29 is 0 Å². The highest BCUT2D eigenvalue weighted by Crippen LogP contribution is 2.27. The van der Waals surface area contributed by atoms with Crippen LogP contribution in [0, 0.1) is 5.92 Å². The van der Waals surface area contributed by atoms with E-state index < -0.39 is 0 Å². The maximum Gasteiger partial charge on any atom is 0.115 e. The normalized spacial score (nSPS) is 21.5. The molecule has 1 aliphatic heterocycles. The average Bonchev–Trinajstić information content (AvgIpc) is 2.29. The van der Waals surface area contributed by atoms with E-state index in [-0.39, 0.29) is 0 Å². The van der Waals surface area contributed by atoms with Crippen LogP contribution in [0.2, 0.25) is 5.02 Å². The van der Waals surface area contributed by atoms with Gasteiger partial charge >= 0.3 is 0 Å². The van der Waals surface area contributed by atoms with Crippen molar-refractivity contribution in [3.63, 3.8) is 0 Å².